The molecule has 0 bridgehead atoms. The fraction of sp³-hybridized carbons (Fsp3) is 0.806. The van der Waals surface area contributed by atoms with Gasteiger partial charge in [0.15, 0.2) is 0 Å². The quantitative estimate of drug-likeness (QED) is 0.367. The van der Waals surface area contributed by atoms with Crippen LogP contribution in [0.5, 0.6) is 0 Å². The zero-order chi connectivity index (χ0) is 25.5. The van der Waals surface area contributed by atoms with E-state index in [0.717, 1.165) is 29.2 Å². The molecule has 1 spiro atoms. The van der Waals surface area contributed by atoms with E-state index in [1.165, 1.54) is 57.8 Å². The summed E-state index contributed by atoms with van der Waals surface area (Å²) in [5, 5.41) is 0. The molecule has 0 N–H and O–H groups in total. The van der Waals surface area contributed by atoms with Crippen LogP contribution in [0.2, 0.25) is 0 Å². The molecule has 1 aromatic carbocycles. The minimum atomic E-state index is -3.72. The molecule has 0 saturated heterocycles. The molecular weight excluding hydrogens is 468 g/mol. The highest BCUT2D eigenvalue weighted by atomic mass is 32.2. The Morgan fingerprint density at radius 2 is 1.81 bits per heavy atom. The van der Waals surface area contributed by atoms with E-state index in [2.05, 4.69) is 20.8 Å². The van der Waals surface area contributed by atoms with Gasteiger partial charge in [0.25, 0.3) is 10.1 Å². The molecule has 5 saturated carbocycles. The summed E-state index contributed by atoms with van der Waals surface area (Å²) in [7, 11) is -1.76. The number of rotatable bonds is 7. The lowest BCUT2D eigenvalue weighted by atomic mass is 9.44. The van der Waals surface area contributed by atoms with Crippen LogP contribution in [0.25, 0.3) is 0 Å². The first kappa shape index (κ1) is 25.4. The minimum absolute atomic E-state index is 0.231. The Morgan fingerprint density at radius 1 is 1.06 bits per heavy atom. The number of benzene rings is 1. The molecule has 0 aromatic heterocycles. The third-order valence-corrected chi connectivity index (χ3v) is 14.0. The maximum atomic E-state index is 12.9. The van der Waals surface area contributed by atoms with Crippen LogP contribution in [0.4, 0.5) is 0 Å². The molecule has 10 atom stereocenters. The summed E-state index contributed by atoms with van der Waals surface area (Å²) in [5.74, 6) is 4.02. The maximum Gasteiger partial charge on any atom is 0.296 e. The summed E-state index contributed by atoms with van der Waals surface area (Å²) in [6.07, 6.45) is 12.2. The van der Waals surface area contributed by atoms with Crippen molar-refractivity contribution in [2.75, 3.05) is 13.7 Å². The highest BCUT2D eigenvalue weighted by Gasteiger charge is 2.77. The van der Waals surface area contributed by atoms with E-state index in [1.807, 2.05) is 26.2 Å². The lowest BCUT2D eigenvalue weighted by Gasteiger charge is -2.61. The predicted molar refractivity (Wildman–Crippen MR) is 142 cm³/mol. The molecule has 0 amide bonds. The number of fused-ring (bicyclic) bond motifs is 4. The first-order valence-corrected chi connectivity index (χ1v) is 16.0. The van der Waals surface area contributed by atoms with E-state index in [4.69, 9.17) is 8.92 Å². The van der Waals surface area contributed by atoms with Crippen LogP contribution in [-0.2, 0) is 19.0 Å². The molecule has 0 radical (unpaired) electrons. The fourth-order valence-corrected chi connectivity index (χ4v) is 12.1. The Hall–Kier alpha value is -0.910. The van der Waals surface area contributed by atoms with Crippen molar-refractivity contribution in [3.8, 4) is 0 Å². The summed E-state index contributed by atoms with van der Waals surface area (Å²) in [6.45, 7) is 9.52. The van der Waals surface area contributed by atoms with Crippen molar-refractivity contribution in [1.29, 1.82) is 0 Å². The van der Waals surface area contributed by atoms with Crippen molar-refractivity contribution in [3.63, 3.8) is 0 Å². The lowest BCUT2D eigenvalue weighted by molar-refractivity contribution is -0.165. The largest absolute Gasteiger partial charge is 0.381 e. The molecule has 5 aliphatic carbocycles. The molecule has 5 aliphatic rings. The Bertz CT molecular complexity index is 1100. The number of ether oxygens (including phenoxy) is 1. The third-order valence-electron chi connectivity index (χ3n) is 12.8. The molecule has 0 aliphatic heterocycles. The summed E-state index contributed by atoms with van der Waals surface area (Å²) >= 11 is 0. The normalized spacial score (nSPS) is 45.9. The van der Waals surface area contributed by atoms with Crippen LogP contribution in [0.3, 0.4) is 0 Å². The van der Waals surface area contributed by atoms with Crippen molar-refractivity contribution >= 4 is 10.1 Å². The third kappa shape index (κ3) is 3.33. The fourth-order valence-electron chi connectivity index (χ4n) is 11.1. The monoisotopic (exact) mass is 514 g/mol. The molecule has 1 unspecified atom stereocenters. The van der Waals surface area contributed by atoms with Gasteiger partial charge >= 0.3 is 0 Å². The van der Waals surface area contributed by atoms with Gasteiger partial charge in [0.2, 0.25) is 0 Å². The second kappa shape index (κ2) is 8.55. The average Bonchev–Trinajstić information content (AvgIpc) is 3.34. The van der Waals surface area contributed by atoms with Gasteiger partial charge in [-0.2, -0.15) is 8.42 Å². The number of hydrogen-bond donors (Lipinski definition) is 0. The van der Waals surface area contributed by atoms with E-state index in [-0.39, 0.29) is 17.4 Å². The van der Waals surface area contributed by atoms with Crippen molar-refractivity contribution in [2.45, 2.75) is 96.5 Å². The molecule has 4 nitrogen and oxygen atoms in total. The van der Waals surface area contributed by atoms with E-state index in [0.29, 0.717) is 28.3 Å². The van der Waals surface area contributed by atoms with Crippen LogP contribution in [0.15, 0.2) is 29.2 Å². The van der Waals surface area contributed by atoms with Gasteiger partial charge in [0, 0.05) is 12.5 Å². The van der Waals surface area contributed by atoms with Crippen LogP contribution in [-0.4, -0.2) is 28.2 Å². The summed E-state index contributed by atoms with van der Waals surface area (Å²) in [5.41, 5.74) is 2.29. The molecule has 0 heterocycles. The van der Waals surface area contributed by atoms with Crippen LogP contribution >= 0.6 is 0 Å². The van der Waals surface area contributed by atoms with Gasteiger partial charge in [0.05, 0.1) is 17.6 Å². The van der Waals surface area contributed by atoms with Gasteiger partial charge in [-0.15, -0.1) is 0 Å². The van der Waals surface area contributed by atoms with Crippen molar-refractivity contribution in [2.24, 2.45) is 51.8 Å². The molecule has 5 fully saturated rings. The molecular formula is C31H46O4S. The highest BCUT2D eigenvalue weighted by molar-refractivity contribution is 7.86. The van der Waals surface area contributed by atoms with E-state index < -0.39 is 10.1 Å². The number of methoxy groups -OCH3 is 1. The Balaban J connectivity index is 1.21. The molecule has 36 heavy (non-hydrogen) atoms. The Labute approximate surface area is 219 Å². The minimum Gasteiger partial charge on any atom is -0.381 e. The van der Waals surface area contributed by atoms with E-state index in [1.54, 1.807) is 12.1 Å². The van der Waals surface area contributed by atoms with Crippen LogP contribution < -0.4 is 0 Å². The molecule has 1 aromatic rings. The number of hydrogen-bond acceptors (Lipinski definition) is 4. The summed E-state index contributed by atoms with van der Waals surface area (Å²) in [4.78, 5) is 0.264. The number of aryl methyl sites for hydroxylation is 1. The van der Waals surface area contributed by atoms with Gasteiger partial charge in [-0.05, 0) is 123 Å². The average molecular weight is 515 g/mol. The SMILES string of the molecule is CC[C@]12CC[C@H]3[C@@H](C[C@@H](OC)C45C[C@H]4CC[C@]35C)[C@@H]1CC[C@@H]2[C@H](C)COS(=O)(=O)c1ccc(C)cc1. The van der Waals surface area contributed by atoms with Crippen molar-refractivity contribution in [1.82, 2.24) is 0 Å². The van der Waals surface area contributed by atoms with Gasteiger partial charge in [-0.25, -0.2) is 0 Å². The molecule has 200 valence electrons. The van der Waals surface area contributed by atoms with E-state index in [9.17, 15) is 8.42 Å². The molecule has 5 heteroatoms. The lowest BCUT2D eigenvalue weighted by Crippen LogP contribution is -2.57. The smallest absolute Gasteiger partial charge is 0.296 e. The zero-order valence-electron chi connectivity index (χ0n) is 23.0. The topological polar surface area (TPSA) is 52.6 Å². The van der Waals surface area contributed by atoms with Crippen molar-refractivity contribution in [3.05, 3.63) is 29.8 Å². The zero-order valence-corrected chi connectivity index (χ0v) is 23.8. The predicted octanol–water partition coefficient (Wildman–Crippen LogP) is 7.01. The first-order chi connectivity index (χ1) is 17.1. The van der Waals surface area contributed by atoms with Crippen LogP contribution in [0.1, 0.15) is 84.1 Å². The molecule has 6 rings (SSSR count). The maximum absolute atomic E-state index is 12.9. The summed E-state index contributed by atoms with van der Waals surface area (Å²) < 4.78 is 37.8. The van der Waals surface area contributed by atoms with Gasteiger partial charge < -0.3 is 4.74 Å². The van der Waals surface area contributed by atoms with Crippen LogP contribution in [0, 0.1) is 58.7 Å². The second-order valence-electron chi connectivity index (χ2n) is 13.6. The standard InChI is InChI=1S/C31H46O4S/c1-6-30-16-14-26-24(17-28(34-5)31-18-22(31)13-15-29(26,31)4)27(30)12-11-25(30)21(3)19-35-36(32,33)23-9-7-20(2)8-10-23/h7-10,21-22,24-28H,6,11-19H2,1-5H3/t21-,22-,24-,25-,26+,27+,28-,29-,30-,31?/m1/s1. The summed E-state index contributed by atoms with van der Waals surface area (Å²) in [6, 6.07) is 6.99. The van der Waals surface area contributed by atoms with Gasteiger partial charge in [-0.3, -0.25) is 4.18 Å². The van der Waals surface area contributed by atoms with Gasteiger partial charge in [0.1, 0.15) is 0 Å². The van der Waals surface area contributed by atoms with Crippen molar-refractivity contribution < 1.29 is 17.3 Å². The Kier molecular flexibility index (Phi) is 6.02. The van der Waals surface area contributed by atoms with Gasteiger partial charge in [-0.1, -0.05) is 38.5 Å². The van der Waals surface area contributed by atoms with E-state index >= 15 is 0 Å². The Morgan fingerprint density at radius 3 is 2.47 bits per heavy atom. The highest BCUT2D eigenvalue weighted by Crippen LogP contribution is 2.82. The second-order valence-corrected chi connectivity index (χ2v) is 15.2. The first-order valence-electron chi connectivity index (χ1n) is 14.6.